The molecule has 0 aliphatic carbocycles. The van der Waals surface area contributed by atoms with E-state index in [1.807, 2.05) is 17.9 Å². The van der Waals surface area contributed by atoms with E-state index < -0.39 is 11.3 Å². The van der Waals surface area contributed by atoms with Crippen molar-refractivity contribution in [2.45, 2.75) is 19.8 Å². The summed E-state index contributed by atoms with van der Waals surface area (Å²) >= 11 is 5.73. The third kappa shape index (κ3) is 4.30. The average molecular weight is 288 g/mol. The van der Waals surface area contributed by atoms with Gasteiger partial charge in [0.15, 0.2) is 11.3 Å². The first kappa shape index (κ1) is 15.6. The lowest BCUT2D eigenvalue weighted by molar-refractivity contribution is -0.665. The lowest BCUT2D eigenvalue weighted by Crippen LogP contribution is -2.55. The first-order valence-electron chi connectivity index (χ1n) is 5.88. The molecule has 0 aliphatic rings. The topological polar surface area (TPSA) is 74.5 Å². The van der Waals surface area contributed by atoms with Crippen molar-refractivity contribution in [1.82, 2.24) is 20.2 Å². The van der Waals surface area contributed by atoms with Gasteiger partial charge < -0.3 is 0 Å². The molecular formula is C11H18ClN5O2. The minimum Gasteiger partial charge on any atom is -0.283 e. The number of rotatable bonds is 7. The molecule has 1 atom stereocenters. The van der Waals surface area contributed by atoms with E-state index in [2.05, 4.69) is 10.3 Å². The van der Waals surface area contributed by atoms with Crippen LogP contribution in [-0.4, -0.2) is 46.9 Å². The standard InChI is InChI=1S/C11H18ClN5O2/c1-4-16(11(13-2)15(3)17(18)19)8-9-5-6-10(12)14-7-9/h5-7,11,13H,4,8H2,1-3H3. The molecule has 0 radical (unpaired) electrons. The Balaban J connectivity index is 2.80. The maximum absolute atomic E-state index is 10.9. The van der Waals surface area contributed by atoms with Crippen LogP contribution in [0.3, 0.4) is 0 Å². The molecule has 0 aromatic carbocycles. The predicted octanol–water partition coefficient (Wildman–Crippen LogP) is 1.18. The summed E-state index contributed by atoms with van der Waals surface area (Å²) in [6.45, 7) is 3.15. The summed E-state index contributed by atoms with van der Waals surface area (Å²) in [4.78, 5) is 16.8. The number of hydrazine groups is 1. The highest BCUT2D eigenvalue weighted by Crippen LogP contribution is 2.10. The second-order valence-corrected chi connectivity index (χ2v) is 4.41. The zero-order chi connectivity index (χ0) is 14.4. The molecule has 0 aliphatic heterocycles. The number of aromatic nitrogens is 1. The highest BCUT2D eigenvalue weighted by atomic mass is 35.5. The van der Waals surface area contributed by atoms with Crippen LogP contribution in [0.1, 0.15) is 12.5 Å². The van der Waals surface area contributed by atoms with Gasteiger partial charge in [0.05, 0.1) is 7.05 Å². The Morgan fingerprint density at radius 2 is 2.26 bits per heavy atom. The zero-order valence-corrected chi connectivity index (χ0v) is 12.0. The van der Waals surface area contributed by atoms with Gasteiger partial charge in [-0.3, -0.25) is 10.2 Å². The van der Waals surface area contributed by atoms with Crippen LogP contribution in [0.5, 0.6) is 0 Å². The number of nitrogens with one attached hydrogen (secondary N) is 1. The third-order valence-corrected chi connectivity index (χ3v) is 3.02. The number of nitrogens with zero attached hydrogens (tertiary/aromatic N) is 4. The fourth-order valence-corrected chi connectivity index (χ4v) is 1.91. The Morgan fingerprint density at radius 3 is 2.68 bits per heavy atom. The van der Waals surface area contributed by atoms with Gasteiger partial charge >= 0.3 is 0 Å². The smallest absolute Gasteiger partial charge is 0.195 e. The summed E-state index contributed by atoms with van der Waals surface area (Å²) in [7, 11) is 3.12. The van der Waals surface area contributed by atoms with Crippen LogP contribution in [0.25, 0.3) is 0 Å². The molecule has 7 nitrogen and oxygen atoms in total. The molecule has 19 heavy (non-hydrogen) atoms. The predicted molar refractivity (Wildman–Crippen MR) is 72.9 cm³/mol. The number of halogens is 1. The lowest BCUT2D eigenvalue weighted by Gasteiger charge is -2.31. The minimum absolute atomic E-state index is 0.430. The molecule has 0 saturated heterocycles. The Labute approximate surface area is 117 Å². The van der Waals surface area contributed by atoms with Crippen molar-refractivity contribution >= 4 is 11.6 Å². The lowest BCUT2D eigenvalue weighted by atomic mass is 10.2. The molecule has 8 heteroatoms. The van der Waals surface area contributed by atoms with E-state index in [1.54, 1.807) is 19.3 Å². The second-order valence-electron chi connectivity index (χ2n) is 4.03. The molecule has 1 rings (SSSR count). The van der Waals surface area contributed by atoms with Gasteiger partial charge in [-0.25, -0.2) is 15.1 Å². The monoisotopic (exact) mass is 287 g/mol. The number of nitro groups is 1. The largest absolute Gasteiger partial charge is 0.283 e. The van der Waals surface area contributed by atoms with Crippen LogP contribution < -0.4 is 5.32 Å². The molecule has 1 unspecified atom stereocenters. The van der Waals surface area contributed by atoms with E-state index in [0.29, 0.717) is 18.2 Å². The summed E-state index contributed by atoms with van der Waals surface area (Å²) in [5.41, 5.74) is 0.947. The molecule has 1 heterocycles. The van der Waals surface area contributed by atoms with Gasteiger partial charge in [-0.1, -0.05) is 29.6 Å². The number of hydrogen-bond acceptors (Lipinski definition) is 5. The van der Waals surface area contributed by atoms with Crippen LogP contribution in [0.4, 0.5) is 0 Å². The van der Waals surface area contributed by atoms with Crippen LogP contribution in [0.2, 0.25) is 5.15 Å². The quantitative estimate of drug-likeness (QED) is 0.351. The maximum atomic E-state index is 10.9. The van der Waals surface area contributed by atoms with Crippen molar-refractivity contribution in [3.8, 4) is 0 Å². The van der Waals surface area contributed by atoms with Crippen molar-refractivity contribution in [2.24, 2.45) is 0 Å². The minimum atomic E-state index is -0.490. The summed E-state index contributed by atoms with van der Waals surface area (Å²) in [5.74, 6) is 0. The van der Waals surface area contributed by atoms with Gasteiger partial charge in [-0.05, 0) is 25.2 Å². The molecule has 0 spiro atoms. The summed E-state index contributed by atoms with van der Waals surface area (Å²) < 4.78 is 0. The highest BCUT2D eigenvalue weighted by Gasteiger charge is 2.26. The van der Waals surface area contributed by atoms with E-state index in [4.69, 9.17) is 11.6 Å². The molecule has 1 aromatic rings. The Hall–Kier alpha value is -1.44. The Bertz CT molecular complexity index is 414. The molecule has 0 amide bonds. The van der Waals surface area contributed by atoms with Gasteiger partial charge in [0.25, 0.3) is 0 Å². The first-order chi connectivity index (χ1) is 8.99. The van der Waals surface area contributed by atoms with E-state index in [0.717, 1.165) is 10.6 Å². The van der Waals surface area contributed by atoms with Gasteiger partial charge in [-0.2, -0.15) is 0 Å². The number of hydrogen-bond donors (Lipinski definition) is 1. The molecule has 0 fully saturated rings. The van der Waals surface area contributed by atoms with Crippen molar-refractivity contribution in [3.63, 3.8) is 0 Å². The van der Waals surface area contributed by atoms with Crippen LogP contribution in [0.15, 0.2) is 18.3 Å². The fraction of sp³-hybridized carbons (Fsp3) is 0.545. The summed E-state index contributed by atoms with van der Waals surface area (Å²) in [5, 5.41) is 14.8. The number of pyridine rings is 1. The molecule has 0 bridgehead atoms. The van der Waals surface area contributed by atoms with E-state index >= 15 is 0 Å². The van der Waals surface area contributed by atoms with Crippen LogP contribution >= 0.6 is 11.6 Å². The molecule has 1 N–H and O–H groups in total. The van der Waals surface area contributed by atoms with Crippen LogP contribution in [0, 0.1) is 10.1 Å². The fourth-order valence-electron chi connectivity index (χ4n) is 1.80. The van der Waals surface area contributed by atoms with Crippen molar-refractivity contribution < 1.29 is 5.03 Å². The Kier molecular flexibility index (Phi) is 5.94. The van der Waals surface area contributed by atoms with Crippen molar-refractivity contribution in [2.75, 3.05) is 20.6 Å². The molecule has 0 saturated carbocycles. The van der Waals surface area contributed by atoms with Crippen molar-refractivity contribution in [1.29, 1.82) is 0 Å². The van der Waals surface area contributed by atoms with Gasteiger partial charge in [0.1, 0.15) is 5.15 Å². The van der Waals surface area contributed by atoms with Gasteiger partial charge in [0, 0.05) is 12.7 Å². The van der Waals surface area contributed by atoms with Crippen LogP contribution in [-0.2, 0) is 6.54 Å². The van der Waals surface area contributed by atoms with Gasteiger partial charge in [-0.15, -0.1) is 0 Å². The van der Waals surface area contributed by atoms with E-state index in [-0.39, 0.29) is 0 Å². The van der Waals surface area contributed by atoms with Crippen molar-refractivity contribution in [3.05, 3.63) is 39.2 Å². The Morgan fingerprint density at radius 1 is 1.58 bits per heavy atom. The average Bonchev–Trinajstić information content (AvgIpc) is 2.40. The van der Waals surface area contributed by atoms with E-state index in [1.165, 1.54) is 7.05 Å². The SMILES string of the molecule is CCN(Cc1ccc(Cl)nc1)C(NC)N(C)[N+](=O)[O-]. The molecular weight excluding hydrogens is 270 g/mol. The second kappa shape index (κ2) is 7.22. The van der Waals surface area contributed by atoms with E-state index in [9.17, 15) is 10.1 Å². The summed E-state index contributed by atoms with van der Waals surface area (Å²) in [6, 6.07) is 3.56. The maximum Gasteiger partial charge on any atom is 0.195 e. The highest BCUT2D eigenvalue weighted by molar-refractivity contribution is 6.29. The first-order valence-corrected chi connectivity index (χ1v) is 6.26. The molecule has 1 aromatic heterocycles. The third-order valence-electron chi connectivity index (χ3n) is 2.80. The van der Waals surface area contributed by atoms with Gasteiger partial charge in [0.2, 0.25) is 0 Å². The zero-order valence-electron chi connectivity index (χ0n) is 11.2. The molecule has 106 valence electrons. The summed E-state index contributed by atoms with van der Waals surface area (Å²) in [6.07, 6.45) is 1.18. The normalized spacial score (nSPS) is 12.5.